The minimum atomic E-state index is -0.259. The van der Waals surface area contributed by atoms with Gasteiger partial charge in [0, 0.05) is 36.0 Å². The molecule has 0 bridgehead atoms. The molecule has 3 rings (SSSR count). The number of nitrogens with one attached hydrogen (secondary N) is 1. The summed E-state index contributed by atoms with van der Waals surface area (Å²) in [5.41, 5.74) is 2.26. The monoisotopic (exact) mass is 366 g/mol. The van der Waals surface area contributed by atoms with Crippen molar-refractivity contribution in [2.75, 3.05) is 31.0 Å². The summed E-state index contributed by atoms with van der Waals surface area (Å²) in [7, 11) is 3.16. The Morgan fingerprint density at radius 3 is 2.52 bits per heavy atom. The third-order valence-electron chi connectivity index (χ3n) is 4.37. The molecule has 1 fully saturated rings. The second-order valence-corrected chi connectivity index (χ2v) is 6.13. The van der Waals surface area contributed by atoms with Crippen LogP contribution in [0.25, 0.3) is 6.08 Å². The van der Waals surface area contributed by atoms with Crippen molar-refractivity contribution in [2.45, 2.75) is 12.8 Å². The summed E-state index contributed by atoms with van der Waals surface area (Å²) in [5, 5.41) is 2.81. The lowest BCUT2D eigenvalue weighted by atomic mass is 10.1. The Morgan fingerprint density at radius 1 is 1.11 bits per heavy atom. The number of rotatable bonds is 6. The van der Waals surface area contributed by atoms with Gasteiger partial charge in [-0.3, -0.25) is 9.59 Å². The molecule has 1 aliphatic rings. The summed E-state index contributed by atoms with van der Waals surface area (Å²) in [6.45, 7) is 0.746. The molecule has 6 nitrogen and oxygen atoms in total. The molecule has 0 spiro atoms. The van der Waals surface area contributed by atoms with E-state index < -0.39 is 0 Å². The van der Waals surface area contributed by atoms with E-state index in [9.17, 15) is 9.59 Å². The summed E-state index contributed by atoms with van der Waals surface area (Å²) in [5.74, 6) is 1.22. The van der Waals surface area contributed by atoms with E-state index in [1.165, 1.54) is 6.08 Å². The molecule has 1 saturated heterocycles. The van der Waals surface area contributed by atoms with Gasteiger partial charge in [-0.15, -0.1) is 0 Å². The molecule has 1 heterocycles. The Balaban J connectivity index is 1.65. The number of benzene rings is 2. The van der Waals surface area contributed by atoms with Crippen LogP contribution in [0.5, 0.6) is 11.5 Å². The molecule has 140 valence electrons. The number of methoxy groups -OCH3 is 2. The van der Waals surface area contributed by atoms with Crippen molar-refractivity contribution in [1.29, 1.82) is 0 Å². The first kappa shape index (κ1) is 18.5. The first-order valence-corrected chi connectivity index (χ1v) is 8.72. The number of carbonyl (C=O) groups excluding carboxylic acids is 2. The molecular formula is C21H22N2O4. The van der Waals surface area contributed by atoms with Gasteiger partial charge < -0.3 is 19.7 Å². The highest BCUT2D eigenvalue weighted by molar-refractivity contribution is 6.02. The van der Waals surface area contributed by atoms with Crippen molar-refractivity contribution in [3.05, 3.63) is 54.1 Å². The molecule has 0 atom stereocenters. The van der Waals surface area contributed by atoms with Gasteiger partial charge in [0.05, 0.1) is 14.2 Å². The van der Waals surface area contributed by atoms with Crippen LogP contribution < -0.4 is 19.7 Å². The maximum atomic E-state index is 12.2. The van der Waals surface area contributed by atoms with Crippen LogP contribution >= 0.6 is 0 Å². The lowest BCUT2D eigenvalue weighted by Gasteiger charge is -2.15. The summed E-state index contributed by atoms with van der Waals surface area (Å²) in [4.78, 5) is 25.7. The molecule has 1 aliphatic heterocycles. The number of carbonyl (C=O) groups is 2. The van der Waals surface area contributed by atoms with Gasteiger partial charge >= 0.3 is 0 Å². The zero-order chi connectivity index (χ0) is 19.2. The van der Waals surface area contributed by atoms with Crippen LogP contribution in [-0.4, -0.2) is 32.6 Å². The third kappa shape index (κ3) is 4.47. The first-order chi connectivity index (χ1) is 13.1. The van der Waals surface area contributed by atoms with Crippen molar-refractivity contribution in [3.63, 3.8) is 0 Å². The van der Waals surface area contributed by atoms with Crippen molar-refractivity contribution in [2.24, 2.45) is 0 Å². The predicted octanol–water partition coefficient (Wildman–Crippen LogP) is 3.48. The molecule has 2 amide bonds. The van der Waals surface area contributed by atoms with Gasteiger partial charge in [-0.1, -0.05) is 0 Å². The molecule has 2 aromatic carbocycles. The molecule has 0 unspecified atom stereocenters. The minimum absolute atomic E-state index is 0.141. The lowest BCUT2D eigenvalue weighted by Crippen LogP contribution is -2.23. The van der Waals surface area contributed by atoms with Crippen LogP contribution in [0.1, 0.15) is 18.4 Å². The molecule has 27 heavy (non-hydrogen) atoms. The van der Waals surface area contributed by atoms with E-state index in [-0.39, 0.29) is 11.8 Å². The summed E-state index contributed by atoms with van der Waals surface area (Å²) >= 11 is 0. The standard InChI is InChI=1S/C21H22N2O4/c1-26-18-10-11-19(27-2)15(14-18)5-12-20(24)22-16-6-8-17(9-7-16)23-13-3-4-21(23)25/h5-12,14H,3-4,13H2,1-2H3,(H,22,24)/b12-5+. The normalized spacial score (nSPS) is 13.9. The van der Waals surface area contributed by atoms with Crippen LogP contribution in [-0.2, 0) is 9.59 Å². The number of hydrogen-bond donors (Lipinski definition) is 1. The van der Waals surface area contributed by atoms with Gasteiger partial charge in [-0.25, -0.2) is 0 Å². The third-order valence-corrected chi connectivity index (χ3v) is 4.37. The number of amides is 2. The van der Waals surface area contributed by atoms with Crippen molar-refractivity contribution in [3.8, 4) is 11.5 Å². The average molecular weight is 366 g/mol. The van der Waals surface area contributed by atoms with E-state index >= 15 is 0 Å². The van der Waals surface area contributed by atoms with Crippen LogP contribution in [0.2, 0.25) is 0 Å². The Bertz CT molecular complexity index is 859. The molecule has 0 radical (unpaired) electrons. The van der Waals surface area contributed by atoms with Gasteiger partial charge in [-0.2, -0.15) is 0 Å². The van der Waals surface area contributed by atoms with Crippen LogP contribution in [0.15, 0.2) is 48.5 Å². The fourth-order valence-electron chi connectivity index (χ4n) is 2.96. The van der Waals surface area contributed by atoms with E-state index in [4.69, 9.17) is 9.47 Å². The Morgan fingerprint density at radius 2 is 1.89 bits per heavy atom. The SMILES string of the molecule is COc1ccc(OC)c(/C=C/C(=O)Nc2ccc(N3CCCC3=O)cc2)c1. The fraction of sp³-hybridized carbons (Fsp3) is 0.238. The Labute approximate surface area is 158 Å². The average Bonchev–Trinajstić information content (AvgIpc) is 3.12. The zero-order valence-electron chi connectivity index (χ0n) is 15.4. The molecule has 2 aromatic rings. The topological polar surface area (TPSA) is 67.9 Å². The molecular weight excluding hydrogens is 344 g/mol. The predicted molar refractivity (Wildman–Crippen MR) is 105 cm³/mol. The van der Waals surface area contributed by atoms with Crippen molar-refractivity contribution < 1.29 is 19.1 Å². The summed E-state index contributed by atoms with van der Waals surface area (Å²) < 4.78 is 10.5. The van der Waals surface area contributed by atoms with Gasteiger partial charge in [0.2, 0.25) is 11.8 Å². The summed E-state index contributed by atoms with van der Waals surface area (Å²) in [6.07, 6.45) is 4.59. The van der Waals surface area contributed by atoms with Crippen LogP contribution in [0, 0.1) is 0 Å². The van der Waals surface area contributed by atoms with E-state index in [0.717, 1.165) is 24.2 Å². The fourth-order valence-corrected chi connectivity index (χ4v) is 2.96. The zero-order valence-corrected chi connectivity index (χ0v) is 15.4. The first-order valence-electron chi connectivity index (χ1n) is 8.72. The summed E-state index contributed by atoms with van der Waals surface area (Å²) in [6, 6.07) is 12.6. The molecule has 6 heteroatoms. The number of ether oxygens (including phenoxy) is 2. The van der Waals surface area contributed by atoms with Crippen LogP contribution in [0.3, 0.4) is 0 Å². The second kappa shape index (κ2) is 8.40. The molecule has 1 N–H and O–H groups in total. The van der Waals surface area contributed by atoms with Crippen molar-refractivity contribution >= 4 is 29.3 Å². The van der Waals surface area contributed by atoms with Gasteiger partial charge in [0.1, 0.15) is 11.5 Å². The van der Waals surface area contributed by atoms with Gasteiger partial charge in [-0.05, 0) is 55.0 Å². The van der Waals surface area contributed by atoms with Crippen LogP contribution in [0.4, 0.5) is 11.4 Å². The highest BCUT2D eigenvalue weighted by atomic mass is 16.5. The van der Waals surface area contributed by atoms with Crippen molar-refractivity contribution in [1.82, 2.24) is 0 Å². The highest BCUT2D eigenvalue weighted by Crippen LogP contribution is 2.25. The highest BCUT2D eigenvalue weighted by Gasteiger charge is 2.21. The molecule has 0 aromatic heterocycles. The van der Waals surface area contributed by atoms with E-state index in [1.54, 1.807) is 55.5 Å². The van der Waals surface area contributed by atoms with Gasteiger partial charge in [0.15, 0.2) is 0 Å². The smallest absolute Gasteiger partial charge is 0.248 e. The van der Waals surface area contributed by atoms with Gasteiger partial charge in [0.25, 0.3) is 0 Å². The number of hydrogen-bond acceptors (Lipinski definition) is 4. The molecule has 0 saturated carbocycles. The number of nitrogens with zero attached hydrogens (tertiary/aromatic N) is 1. The maximum Gasteiger partial charge on any atom is 0.248 e. The number of anilines is 2. The van der Waals surface area contributed by atoms with E-state index in [2.05, 4.69) is 5.32 Å². The van der Waals surface area contributed by atoms with E-state index in [0.29, 0.717) is 23.6 Å². The van der Waals surface area contributed by atoms with E-state index in [1.807, 2.05) is 12.1 Å². The maximum absolute atomic E-state index is 12.2. The Hall–Kier alpha value is -3.28. The second-order valence-electron chi connectivity index (χ2n) is 6.13. The Kier molecular flexibility index (Phi) is 5.76. The lowest BCUT2D eigenvalue weighted by molar-refractivity contribution is -0.117. The molecule has 0 aliphatic carbocycles. The quantitative estimate of drug-likeness (QED) is 0.795. The minimum Gasteiger partial charge on any atom is -0.497 e. The largest absolute Gasteiger partial charge is 0.497 e.